The Morgan fingerprint density at radius 2 is 2.23 bits per heavy atom. The lowest BCUT2D eigenvalue weighted by Crippen LogP contribution is -2.20. The van der Waals surface area contributed by atoms with Crippen LogP contribution in [-0.4, -0.2) is 18.5 Å². The summed E-state index contributed by atoms with van der Waals surface area (Å²) in [5.41, 5.74) is 4.77. The second kappa shape index (κ2) is 4.08. The van der Waals surface area contributed by atoms with Crippen molar-refractivity contribution in [2.45, 2.75) is 0 Å². The first-order valence-corrected chi connectivity index (χ1v) is 4.09. The predicted octanol–water partition coefficient (Wildman–Crippen LogP) is 0.684. The normalized spacial score (nSPS) is 9.62. The molecule has 0 aliphatic carbocycles. The van der Waals surface area contributed by atoms with Crippen molar-refractivity contribution >= 4 is 27.8 Å². The van der Waals surface area contributed by atoms with Crippen molar-refractivity contribution in [1.29, 1.82) is 0 Å². The molecule has 0 spiro atoms. The lowest BCUT2D eigenvalue weighted by atomic mass is 10.5. The highest BCUT2D eigenvalue weighted by Crippen LogP contribution is 2.14. The van der Waals surface area contributed by atoms with Crippen LogP contribution in [0.25, 0.3) is 0 Å². The molecule has 6 heteroatoms. The number of primary amides is 1. The number of hydrogen-bond acceptors (Lipinski definition) is 4. The molecule has 0 saturated carbocycles. The zero-order valence-corrected chi connectivity index (χ0v) is 8.04. The number of esters is 1. The van der Waals surface area contributed by atoms with Gasteiger partial charge in [0.2, 0.25) is 5.76 Å². The maximum atomic E-state index is 11.0. The zero-order chi connectivity index (χ0) is 9.84. The highest BCUT2D eigenvalue weighted by molar-refractivity contribution is 9.10. The topological polar surface area (TPSA) is 82.5 Å². The van der Waals surface area contributed by atoms with E-state index < -0.39 is 18.5 Å². The highest BCUT2D eigenvalue weighted by Gasteiger charge is 2.12. The van der Waals surface area contributed by atoms with Crippen LogP contribution < -0.4 is 5.73 Å². The van der Waals surface area contributed by atoms with Crippen LogP contribution in [0.15, 0.2) is 21.2 Å². The van der Waals surface area contributed by atoms with E-state index in [1.54, 1.807) is 6.07 Å². The molecule has 1 rings (SSSR count). The van der Waals surface area contributed by atoms with E-state index in [1.807, 2.05) is 0 Å². The molecule has 0 radical (unpaired) electrons. The quantitative estimate of drug-likeness (QED) is 0.797. The fourth-order valence-electron chi connectivity index (χ4n) is 0.632. The van der Waals surface area contributed by atoms with Gasteiger partial charge in [0.05, 0.1) is 0 Å². The molecule has 0 atom stereocenters. The van der Waals surface area contributed by atoms with Crippen molar-refractivity contribution in [2.24, 2.45) is 5.73 Å². The van der Waals surface area contributed by atoms with Gasteiger partial charge < -0.3 is 14.9 Å². The fraction of sp³-hybridized carbons (Fsp3) is 0.143. The molecule has 1 aromatic rings. The number of ether oxygens (including phenoxy) is 1. The Morgan fingerprint density at radius 1 is 1.54 bits per heavy atom. The van der Waals surface area contributed by atoms with Gasteiger partial charge in [-0.1, -0.05) is 0 Å². The minimum Gasteiger partial charge on any atom is -0.450 e. The molecule has 13 heavy (non-hydrogen) atoms. The molecule has 0 aliphatic rings. The van der Waals surface area contributed by atoms with Gasteiger partial charge in [-0.3, -0.25) is 4.79 Å². The Balaban J connectivity index is 2.54. The molecule has 5 nitrogen and oxygen atoms in total. The molecule has 1 aromatic heterocycles. The Labute approximate surface area is 82.0 Å². The van der Waals surface area contributed by atoms with E-state index in [1.165, 1.54) is 6.07 Å². The van der Waals surface area contributed by atoms with Crippen LogP contribution in [0.3, 0.4) is 0 Å². The van der Waals surface area contributed by atoms with E-state index in [-0.39, 0.29) is 5.76 Å². The van der Waals surface area contributed by atoms with Crippen molar-refractivity contribution in [3.8, 4) is 0 Å². The molecular weight excluding hydrogens is 242 g/mol. The summed E-state index contributed by atoms with van der Waals surface area (Å²) in [6, 6.07) is 2.97. The molecule has 70 valence electrons. The number of nitrogens with two attached hydrogens (primary N) is 1. The van der Waals surface area contributed by atoms with E-state index >= 15 is 0 Å². The standard InChI is InChI=1S/C7H6BrNO4/c8-5-2-1-4(13-5)7(11)12-3-6(9)10/h1-2H,3H2,(H2,9,10). The summed E-state index contributed by atoms with van der Waals surface area (Å²) >= 11 is 3.01. The van der Waals surface area contributed by atoms with E-state index in [2.05, 4.69) is 20.7 Å². The largest absolute Gasteiger partial charge is 0.450 e. The molecule has 0 fully saturated rings. The summed E-state index contributed by atoms with van der Waals surface area (Å²) < 4.78 is 9.76. The van der Waals surface area contributed by atoms with Gasteiger partial charge in [-0.05, 0) is 28.1 Å². The zero-order valence-electron chi connectivity index (χ0n) is 6.45. The van der Waals surface area contributed by atoms with Crippen LogP contribution in [0, 0.1) is 0 Å². The van der Waals surface area contributed by atoms with Gasteiger partial charge in [-0.15, -0.1) is 0 Å². The fourth-order valence-corrected chi connectivity index (χ4v) is 0.938. The Bertz CT molecular complexity index is 333. The minimum absolute atomic E-state index is 0.0214. The Hall–Kier alpha value is -1.30. The Morgan fingerprint density at radius 3 is 2.69 bits per heavy atom. The van der Waals surface area contributed by atoms with Crippen molar-refractivity contribution in [3.05, 3.63) is 22.6 Å². The van der Waals surface area contributed by atoms with E-state index in [9.17, 15) is 9.59 Å². The number of hydrogen-bond donors (Lipinski definition) is 1. The summed E-state index contributed by atoms with van der Waals surface area (Å²) in [7, 11) is 0. The van der Waals surface area contributed by atoms with Gasteiger partial charge in [-0.2, -0.15) is 0 Å². The molecular formula is C7H6BrNO4. The second-order valence-corrected chi connectivity index (χ2v) is 2.93. The molecule has 0 bridgehead atoms. The predicted molar refractivity (Wildman–Crippen MR) is 45.9 cm³/mol. The van der Waals surface area contributed by atoms with Gasteiger partial charge in [0, 0.05) is 0 Å². The molecule has 2 N–H and O–H groups in total. The molecule has 0 aliphatic heterocycles. The number of rotatable bonds is 3. The van der Waals surface area contributed by atoms with Crippen molar-refractivity contribution in [1.82, 2.24) is 0 Å². The van der Waals surface area contributed by atoms with Crippen LogP contribution in [0.4, 0.5) is 0 Å². The lowest BCUT2D eigenvalue weighted by Gasteiger charge is -1.97. The Kier molecular flexibility index (Phi) is 3.07. The van der Waals surface area contributed by atoms with Crippen molar-refractivity contribution < 1.29 is 18.7 Å². The summed E-state index contributed by atoms with van der Waals surface area (Å²) in [5.74, 6) is -1.41. The lowest BCUT2D eigenvalue weighted by molar-refractivity contribution is -0.121. The van der Waals surface area contributed by atoms with Crippen LogP contribution in [0.1, 0.15) is 10.6 Å². The van der Waals surface area contributed by atoms with Gasteiger partial charge in [0.25, 0.3) is 5.91 Å². The van der Waals surface area contributed by atoms with E-state index in [0.29, 0.717) is 4.67 Å². The first-order valence-electron chi connectivity index (χ1n) is 3.30. The molecule has 1 heterocycles. The first-order chi connectivity index (χ1) is 6.09. The monoisotopic (exact) mass is 247 g/mol. The van der Waals surface area contributed by atoms with Gasteiger partial charge in [0.1, 0.15) is 0 Å². The minimum atomic E-state index is -0.718. The van der Waals surface area contributed by atoms with Crippen LogP contribution in [0.5, 0.6) is 0 Å². The third-order valence-corrected chi connectivity index (χ3v) is 1.55. The van der Waals surface area contributed by atoms with Crippen LogP contribution in [-0.2, 0) is 9.53 Å². The third-order valence-electron chi connectivity index (χ3n) is 1.12. The van der Waals surface area contributed by atoms with E-state index in [0.717, 1.165) is 0 Å². The summed E-state index contributed by atoms with van der Waals surface area (Å²) in [6.45, 7) is -0.447. The molecule has 0 unspecified atom stereocenters. The van der Waals surface area contributed by atoms with Crippen molar-refractivity contribution in [3.63, 3.8) is 0 Å². The molecule has 0 saturated heterocycles. The summed E-state index contributed by atoms with van der Waals surface area (Å²) in [6.07, 6.45) is 0. The highest BCUT2D eigenvalue weighted by atomic mass is 79.9. The number of halogens is 1. The number of amides is 1. The number of carbonyl (C=O) groups is 2. The number of furan rings is 1. The number of carbonyl (C=O) groups excluding carboxylic acids is 2. The maximum absolute atomic E-state index is 11.0. The van der Waals surface area contributed by atoms with Gasteiger partial charge in [0.15, 0.2) is 11.3 Å². The molecule has 0 aromatic carbocycles. The van der Waals surface area contributed by atoms with Gasteiger partial charge in [-0.25, -0.2) is 4.79 Å². The maximum Gasteiger partial charge on any atom is 0.374 e. The van der Waals surface area contributed by atoms with E-state index in [4.69, 9.17) is 10.2 Å². The smallest absolute Gasteiger partial charge is 0.374 e. The van der Waals surface area contributed by atoms with Crippen LogP contribution >= 0.6 is 15.9 Å². The molecule has 1 amide bonds. The SMILES string of the molecule is NC(=O)COC(=O)c1ccc(Br)o1. The second-order valence-electron chi connectivity index (χ2n) is 2.15. The van der Waals surface area contributed by atoms with Gasteiger partial charge >= 0.3 is 5.97 Å². The average molecular weight is 248 g/mol. The van der Waals surface area contributed by atoms with Crippen molar-refractivity contribution in [2.75, 3.05) is 6.61 Å². The summed E-state index contributed by atoms with van der Waals surface area (Å²) in [5, 5.41) is 0. The third kappa shape index (κ3) is 2.90. The first kappa shape index (κ1) is 9.79. The van der Waals surface area contributed by atoms with Crippen LogP contribution in [0.2, 0.25) is 0 Å². The summed E-state index contributed by atoms with van der Waals surface area (Å²) in [4.78, 5) is 21.3. The average Bonchev–Trinajstić information content (AvgIpc) is 2.47.